The minimum Gasteiger partial charge on any atom is -0.353 e. The molecule has 5 heteroatoms. The lowest BCUT2D eigenvalue weighted by Crippen LogP contribution is -2.61. The second-order valence-electron chi connectivity index (χ2n) is 6.10. The van der Waals surface area contributed by atoms with Crippen LogP contribution in [0.15, 0.2) is 30.6 Å². The molecule has 4 heterocycles. The second-order valence-corrected chi connectivity index (χ2v) is 6.10. The molecule has 5 nitrogen and oxygen atoms in total. The highest BCUT2D eigenvalue weighted by atomic mass is 15.4. The molecule has 0 amide bonds. The van der Waals surface area contributed by atoms with E-state index >= 15 is 0 Å². The van der Waals surface area contributed by atoms with Gasteiger partial charge in [-0.15, -0.1) is 0 Å². The maximum Gasteiger partial charge on any atom is 0.138 e. The molecular weight excluding hydrogens is 262 g/mol. The molecule has 0 saturated carbocycles. The summed E-state index contributed by atoms with van der Waals surface area (Å²) in [6, 6.07) is 6.73. The molecule has 2 fully saturated rings. The number of hydrogen-bond donors (Lipinski definition) is 0. The first-order valence-electron chi connectivity index (χ1n) is 7.68. The molecule has 2 aromatic rings. The van der Waals surface area contributed by atoms with Crippen molar-refractivity contribution in [2.75, 3.05) is 51.2 Å². The number of likely N-dealkylation sites (N-methyl/N-ethyl adjacent to an activating group) is 1. The Hall–Kier alpha value is -1.72. The Bertz CT molecular complexity index is 638. The molecule has 0 unspecified atom stereocenters. The highest BCUT2D eigenvalue weighted by Gasteiger charge is 2.31. The smallest absolute Gasteiger partial charge is 0.138 e. The molecule has 0 bridgehead atoms. The zero-order valence-electron chi connectivity index (χ0n) is 12.4. The van der Waals surface area contributed by atoms with E-state index in [4.69, 9.17) is 0 Å². The van der Waals surface area contributed by atoms with E-state index in [0.29, 0.717) is 6.04 Å². The van der Waals surface area contributed by atoms with Crippen LogP contribution in [0.4, 0.5) is 5.82 Å². The number of hydrogen-bond acceptors (Lipinski definition) is 5. The van der Waals surface area contributed by atoms with Crippen LogP contribution in [0.2, 0.25) is 0 Å². The maximum absolute atomic E-state index is 4.64. The molecule has 0 N–H and O–H groups in total. The van der Waals surface area contributed by atoms with Crippen molar-refractivity contribution in [3.05, 3.63) is 30.6 Å². The Balaban J connectivity index is 1.64. The average Bonchev–Trinajstić information content (AvgIpc) is 2.53. The molecule has 2 aliphatic heterocycles. The number of fused-ring (bicyclic) bond motifs is 2. The van der Waals surface area contributed by atoms with Crippen molar-refractivity contribution < 1.29 is 0 Å². The van der Waals surface area contributed by atoms with Gasteiger partial charge in [-0.3, -0.25) is 9.88 Å². The first-order valence-corrected chi connectivity index (χ1v) is 7.68. The number of nitrogens with zero attached hydrogens (tertiary/aromatic N) is 5. The number of pyridine rings is 2. The van der Waals surface area contributed by atoms with Crippen molar-refractivity contribution in [2.45, 2.75) is 6.04 Å². The van der Waals surface area contributed by atoms with E-state index in [9.17, 15) is 0 Å². The lowest BCUT2D eigenvalue weighted by molar-refractivity contribution is 0.0805. The summed E-state index contributed by atoms with van der Waals surface area (Å²) in [5.41, 5.74) is 1.03. The molecule has 2 saturated heterocycles. The third kappa shape index (κ3) is 2.36. The van der Waals surface area contributed by atoms with Crippen molar-refractivity contribution in [3.63, 3.8) is 0 Å². The molecule has 1 atom stereocenters. The fourth-order valence-corrected chi connectivity index (χ4v) is 3.54. The van der Waals surface area contributed by atoms with E-state index in [0.717, 1.165) is 42.9 Å². The molecule has 2 aromatic heterocycles. The largest absolute Gasteiger partial charge is 0.353 e. The summed E-state index contributed by atoms with van der Waals surface area (Å²) in [6.45, 7) is 6.79. The zero-order valence-corrected chi connectivity index (χ0v) is 12.4. The SMILES string of the molecule is CN1CCN2CCN(c3nccc4ncccc34)C[C@@H]2C1. The van der Waals surface area contributed by atoms with Crippen LogP contribution in [0.5, 0.6) is 0 Å². The first-order chi connectivity index (χ1) is 10.3. The summed E-state index contributed by atoms with van der Waals surface area (Å²) < 4.78 is 0. The van der Waals surface area contributed by atoms with Gasteiger partial charge in [0, 0.05) is 63.1 Å². The molecule has 0 aromatic carbocycles. The molecule has 0 spiro atoms. The average molecular weight is 283 g/mol. The van der Waals surface area contributed by atoms with Gasteiger partial charge in [-0.05, 0) is 25.2 Å². The van der Waals surface area contributed by atoms with Crippen LogP contribution in [0, 0.1) is 0 Å². The number of piperazine rings is 2. The Morgan fingerprint density at radius 2 is 1.90 bits per heavy atom. The highest BCUT2D eigenvalue weighted by Crippen LogP contribution is 2.25. The summed E-state index contributed by atoms with van der Waals surface area (Å²) in [5.74, 6) is 1.09. The number of rotatable bonds is 1. The van der Waals surface area contributed by atoms with Gasteiger partial charge >= 0.3 is 0 Å². The predicted octanol–water partition coefficient (Wildman–Crippen LogP) is 1.07. The van der Waals surface area contributed by atoms with E-state index in [-0.39, 0.29) is 0 Å². The van der Waals surface area contributed by atoms with Gasteiger partial charge < -0.3 is 9.80 Å². The van der Waals surface area contributed by atoms with Gasteiger partial charge in [0.1, 0.15) is 5.82 Å². The third-order valence-corrected chi connectivity index (χ3v) is 4.70. The number of anilines is 1. The molecule has 4 rings (SSSR count). The van der Waals surface area contributed by atoms with Gasteiger partial charge in [0.05, 0.1) is 5.52 Å². The van der Waals surface area contributed by atoms with Crippen LogP contribution >= 0.6 is 0 Å². The molecule has 110 valence electrons. The fourth-order valence-electron chi connectivity index (χ4n) is 3.54. The summed E-state index contributed by atoms with van der Waals surface area (Å²) >= 11 is 0. The normalized spacial score (nSPS) is 24.2. The van der Waals surface area contributed by atoms with Gasteiger partial charge in [-0.25, -0.2) is 4.98 Å². The van der Waals surface area contributed by atoms with Gasteiger partial charge in [-0.1, -0.05) is 0 Å². The standard InChI is InChI=1S/C16H21N5/c1-19-7-8-20-9-10-21(12-13(20)11-19)16-14-3-2-5-17-15(14)4-6-18-16/h2-6,13H,7-12H2,1H3/t13-/m0/s1. The Morgan fingerprint density at radius 3 is 2.86 bits per heavy atom. The van der Waals surface area contributed by atoms with E-state index in [1.54, 1.807) is 0 Å². The monoisotopic (exact) mass is 283 g/mol. The Morgan fingerprint density at radius 1 is 1.00 bits per heavy atom. The van der Waals surface area contributed by atoms with Gasteiger partial charge in [0.15, 0.2) is 0 Å². The molecule has 21 heavy (non-hydrogen) atoms. The van der Waals surface area contributed by atoms with Crippen LogP contribution in [-0.2, 0) is 0 Å². The van der Waals surface area contributed by atoms with Crippen LogP contribution in [0.25, 0.3) is 10.9 Å². The summed E-state index contributed by atoms with van der Waals surface area (Å²) in [5, 5.41) is 1.16. The minimum atomic E-state index is 0.617. The van der Waals surface area contributed by atoms with Crippen molar-refractivity contribution >= 4 is 16.7 Å². The molecule has 0 aliphatic carbocycles. The minimum absolute atomic E-state index is 0.617. The predicted molar refractivity (Wildman–Crippen MR) is 84.6 cm³/mol. The van der Waals surface area contributed by atoms with Crippen molar-refractivity contribution in [1.82, 2.24) is 19.8 Å². The van der Waals surface area contributed by atoms with E-state index in [1.165, 1.54) is 13.1 Å². The van der Waals surface area contributed by atoms with Crippen LogP contribution in [-0.4, -0.2) is 72.1 Å². The van der Waals surface area contributed by atoms with Crippen molar-refractivity contribution in [2.24, 2.45) is 0 Å². The van der Waals surface area contributed by atoms with Gasteiger partial charge in [-0.2, -0.15) is 0 Å². The summed E-state index contributed by atoms with van der Waals surface area (Å²) in [7, 11) is 2.22. The van der Waals surface area contributed by atoms with Crippen molar-refractivity contribution in [1.29, 1.82) is 0 Å². The lowest BCUT2D eigenvalue weighted by atomic mass is 10.1. The van der Waals surface area contributed by atoms with Gasteiger partial charge in [0.25, 0.3) is 0 Å². The fraction of sp³-hybridized carbons (Fsp3) is 0.500. The maximum atomic E-state index is 4.64. The molecule has 0 radical (unpaired) electrons. The second kappa shape index (κ2) is 5.24. The highest BCUT2D eigenvalue weighted by molar-refractivity contribution is 5.89. The Kier molecular flexibility index (Phi) is 3.24. The quantitative estimate of drug-likeness (QED) is 0.782. The summed E-state index contributed by atoms with van der Waals surface area (Å²) in [4.78, 5) is 16.6. The van der Waals surface area contributed by atoms with Crippen LogP contribution in [0.3, 0.4) is 0 Å². The number of aromatic nitrogens is 2. The van der Waals surface area contributed by atoms with E-state index in [1.807, 2.05) is 24.5 Å². The van der Waals surface area contributed by atoms with E-state index < -0.39 is 0 Å². The molecular formula is C16H21N5. The Labute approximate surface area is 125 Å². The topological polar surface area (TPSA) is 35.5 Å². The summed E-state index contributed by atoms with van der Waals surface area (Å²) in [6.07, 6.45) is 3.73. The van der Waals surface area contributed by atoms with Gasteiger partial charge in [0.2, 0.25) is 0 Å². The van der Waals surface area contributed by atoms with Crippen molar-refractivity contribution in [3.8, 4) is 0 Å². The first kappa shape index (κ1) is 13.0. The zero-order chi connectivity index (χ0) is 14.2. The lowest BCUT2D eigenvalue weighted by Gasteiger charge is -2.47. The third-order valence-electron chi connectivity index (χ3n) is 4.70. The molecule has 2 aliphatic rings. The van der Waals surface area contributed by atoms with E-state index in [2.05, 4.69) is 37.8 Å². The van der Waals surface area contributed by atoms with Crippen LogP contribution in [0.1, 0.15) is 0 Å². The van der Waals surface area contributed by atoms with Crippen LogP contribution < -0.4 is 4.90 Å².